The molecule has 4 rings (SSSR count). The first kappa shape index (κ1) is 17.8. The molecule has 27 heavy (non-hydrogen) atoms. The van der Waals surface area contributed by atoms with Crippen LogP contribution in [0.4, 0.5) is 0 Å². The fourth-order valence-corrected chi connectivity index (χ4v) is 4.42. The summed E-state index contributed by atoms with van der Waals surface area (Å²) in [6.45, 7) is 7.18. The molecule has 0 radical (unpaired) electrons. The first-order chi connectivity index (χ1) is 13.0. The third kappa shape index (κ3) is 3.37. The Morgan fingerprint density at radius 3 is 2.74 bits per heavy atom. The van der Waals surface area contributed by atoms with E-state index in [1.807, 2.05) is 25.7 Å². The Kier molecular flexibility index (Phi) is 4.73. The van der Waals surface area contributed by atoms with Crippen molar-refractivity contribution in [3.8, 4) is 11.3 Å². The summed E-state index contributed by atoms with van der Waals surface area (Å²) in [5.41, 5.74) is 6.04. The Balaban J connectivity index is 1.52. The van der Waals surface area contributed by atoms with Gasteiger partial charge in [0.05, 0.1) is 33.8 Å². The lowest BCUT2D eigenvalue weighted by atomic mass is 9.98. The van der Waals surface area contributed by atoms with Crippen molar-refractivity contribution < 1.29 is 9.32 Å². The van der Waals surface area contributed by atoms with E-state index >= 15 is 0 Å². The highest BCUT2D eigenvalue weighted by Crippen LogP contribution is 2.30. The van der Waals surface area contributed by atoms with Crippen LogP contribution in [0.5, 0.6) is 0 Å². The van der Waals surface area contributed by atoms with Crippen LogP contribution in [0.1, 0.15) is 38.9 Å². The molecule has 1 saturated heterocycles. The van der Waals surface area contributed by atoms with Gasteiger partial charge in [-0.15, -0.1) is 11.3 Å². The van der Waals surface area contributed by atoms with Gasteiger partial charge in [-0.3, -0.25) is 14.8 Å². The number of likely N-dealkylation sites (tertiary alicyclic amines) is 1. The van der Waals surface area contributed by atoms with Gasteiger partial charge in [0.25, 0.3) is 5.91 Å². The van der Waals surface area contributed by atoms with Crippen LogP contribution in [0.2, 0.25) is 0 Å². The highest BCUT2D eigenvalue weighted by Gasteiger charge is 2.30. The molecular weight excluding hydrogens is 362 g/mol. The lowest BCUT2D eigenvalue weighted by Gasteiger charge is -2.16. The number of hydrogen-bond donors (Lipinski definition) is 0. The number of hydrogen-bond acceptors (Lipinski definition) is 7. The van der Waals surface area contributed by atoms with Gasteiger partial charge in [0.1, 0.15) is 10.6 Å². The minimum absolute atomic E-state index is 0.0857. The van der Waals surface area contributed by atoms with Crippen LogP contribution in [0, 0.1) is 26.7 Å². The molecule has 0 unspecified atom stereocenters. The predicted molar refractivity (Wildman–Crippen MR) is 102 cm³/mol. The Bertz CT molecular complexity index is 961. The van der Waals surface area contributed by atoms with Crippen molar-refractivity contribution in [1.82, 2.24) is 25.0 Å². The summed E-state index contributed by atoms with van der Waals surface area (Å²) in [4.78, 5) is 28.7. The second-order valence-electron chi connectivity index (χ2n) is 6.93. The van der Waals surface area contributed by atoms with Crippen molar-refractivity contribution in [3.63, 3.8) is 0 Å². The van der Waals surface area contributed by atoms with E-state index in [0.29, 0.717) is 5.92 Å². The Morgan fingerprint density at radius 1 is 1.22 bits per heavy atom. The van der Waals surface area contributed by atoms with Crippen molar-refractivity contribution in [2.24, 2.45) is 5.92 Å². The maximum atomic E-state index is 12.7. The second-order valence-corrected chi connectivity index (χ2v) is 7.78. The Labute approximate surface area is 161 Å². The van der Waals surface area contributed by atoms with E-state index in [1.165, 1.54) is 11.3 Å². The predicted octanol–water partition coefficient (Wildman–Crippen LogP) is 3.22. The highest BCUT2D eigenvalue weighted by atomic mass is 32.1. The average Bonchev–Trinajstić information content (AvgIpc) is 3.37. The van der Waals surface area contributed by atoms with Crippen LogP contribution < -0.4 is 0 Å². The van der Waals surface area contributed by atoms with Crippen molar-refractivity contribution in [2.45, 2.75) is 33.6 Å². The normalized spacial score (nSPS) is 16.9. The van der Waals surface area contributed by atoms with Crippen LogP contribution in [-0.4, -0.2) is 44.0 Å². The number of carbonyl (C=O) groups excluding carboxylic acids is 1. The molecule has 0 N–H and O–H groups in total. The molecule has 1 aliphatic heterocycles. The first-order valence-corrected chi connectivity index (χ1v) is 9.85. The molecule has 0 bridgehead atoms. The van der Waals surface area contributed by atoms with Gasteiger partial charge in [-0.1, -0.05) is 5.16 Å². The first-order valence-electron chi connectivity index (χ1n) is 8.97. The zero-order valence-electron chi connectivity index (χ0n) is 15.6. The van der Waals surface area contributed by atoms with Crippen LogP contribution in [-0.2, 0) is 6.42 Å². The number of aromatic nitrogens is 4. The molecular formula is C19H21N5O2S. The van der Waals surface area contributed by atoms with Crippen LogP contribution >= 0.6 is 11.3 Å². The maximum Gasteiger partial charge on any atom is 0.265 e. The second kappa shape index (κ2) is 7.19. The summed E-state index contributed by atoms with van der Waals surface area (Å²) in [5.74, 6) is 1.19. The summed E-state index contributed by atoms with van der Waals surface area (Å²) < 4.78 is 5.30. The lowest BCUT2D eigenvalue weighted by molar-refractivity contribution is 0.0791. The van der Waals surface area contributed by atoms with Crippen molar-refractivity contribution in [2.75, 3.05) is 13.1 Å². The minimum atomic E-state index is 0.0857. The lowest BCUT2D eigenvalue weighted by Crippen LogP contribution is -2.28. The van der Waals surface area contributed by atoms with Gasteiger partial charge in [0, 0.05) is 25.5 Å². The quantitative estimate of drug-likeness (QED) is 0.688. The number of thiazole rings is 1. The molecule has 8 heteroatoms. The maximum absolute atomic E-state index is 12.7. The molecule has 0 aliphatic carbocycles. The highest BCUT2D eigenvalue weighted by molar-refractivity contribution is 7.11. The number of rotatable bonds is 4. The van der Waals surface area contributed by atoms with Gasteiger partial charge < -0.3 is 9.42 Å². The number of carbonyl (C=O) groups is 1. The molecule has 7 nitrogen and oxygen atoms in total. The fraction of sp³-hybridized carbons (Fsp3) is 0.421. The zero-order valence-corrected chi connectivity index (χ0v) is 16.4. The van der Waals surface area contributed by atoms with E-state index in [1.54, 1.807) is 17.9 Å². The van der Waals surface area contributed by atoms with Gasteiger partial charge in [0.2, 0.25) is 0 Å². The van der Waals surface area contributed by atoms with E-state index in [9.17, 15) is 4.79 Å². The van der Waals surface area contributed by atoms with E-state index in [0.717, 1.165) is 64.9 Å². The average molecular weight is 383 g/mol. The molecule has 1 atom stereocenters. The van der Waals surface area contributed by atoms with Gasteiger partial charge >= 0.3 is 0 Å². The molecule has 0 aromatic carbocycles. The number of amides is 1. The molecule has 0 saturated carbocycles. The molecule has 3 aromatic rings. The summed E-state index contributed by atoms with van der Waals surface area (Å²) in [6, 6.07) is 0. The molecule has 140 valence electrons. The van der Waals surface area contributed by atoms with Crippen LogP contribution in [0.25, 0.3) is 11.3 Å². The zero-order chi connectivity index (χ0) is 19.0. The summed E-state index contributed by atoms with van der Waals surface area (Å²) in [5, 5.41) is 4.04. The Hall–Kier alpha value is -2.61. The van der Waals surface area contributed by atoms with Gasteiger partial charge in [-0.25, -0.2) is 4.98 Å². The fourth-order valence-electron chi connectivity index (χ4n) is 3.65. The largest absolute Gasteiger partial charge is 0.361 e. The van der Waals surface area contributed by atoms with Crippen LogP contribution in [0.15, 0.2) is 22.4 Å². The smallest absolute Gasteiger partial charge is 0.265 e. The third-order valence-electron chi connectivity index (χ3n) is 5.04. The molecule has 1 fully saturated rings. The van der Waals surface area contributed by atoms with Gasteiger partial charge in [0.15, 0.2) is 0 Å². The number of aryl methyl sites for hydroxylation is 3. The summed E-state index contributed by atoms with van der Waals surface area (Å²) >= 11 is 1.41. The van der Waals surface area contributed by atoms with Gasteiger partial charge in [-0.05, 0) is 39.5 Å². The molecule has 1 amide bonds. The molecule has 0 spiro atoms. The van der Waals surface area contributed by atoms with E-state index in [-0.39, 0.29) is 5.91 Å². The SMILES string of the molecule is Cc1ncsc1C(=O)N1CC[C@@H](Cc2nccnc2-c2c(C)noc2C)C1. The summed E-state index contributed by atoms with van der Waals surface area (Å²) in [7, 11) is 0. The van der Waals surface area contributed by atoms with Crippen molar-refractivity contribution >= 4 is 17.2 Å². The van der Waals surface area contributed by atoms with E-state index in [2.05, 4.69) is 20.1 Å². The Morgan fingerprint density at radius 2 is 2.04 bits per heavy atom. The molecule has 1 aliphatic rings. The number of nitrogens with zero attached hydrogens (tertiary/aromatic N) is 5. The third-order valence-corrected chi connectivity index (χ3v) is 5.96. The molecule has 3 aromatic heterocycles. The van der Waals surface area contributed by atoms with Crippen molar-refractivity contribution in [3.05, 3.63) is 45.6 Å². The standard InChI is InChI=1S/C19H21N5O2S/c1-11-16(13(3)26-23-11)17-15(20-5-6-21-17)8-14-4-7-24(9-14)19(25)18-12(2)22-10-27-18/h5-6,10,14H,4,7-9H2,1-3H3/t14-/m0/s1. The van der Waals surface area contributed by atoms with E-state index in [4.69, 9.17) is 4.52 Å². The monoisotopic (exact) mass is 383 g/mol. The van der Waals surface area contributed by atoms with E-state index < -0.39 is 0 Å². The molecule has 4 heterocycles. The topological polar surface area (TPSA) is 85.0 Å². The summed E-state index contributed by atoms with van der Waals surface area (Å²) in [6.07, 6.45) is 5.15. The van der Waals surface area contributed by atoms with Crippen LogP contribution in [0.3, 0.4) is 0 Å². The van der Waals surface area contributed by atoms with Crippen molar-refractivity contribution in [1.29, 1.82) is 0 Å². The van der Waals surface area contributed by atoms with Gasteiger partial charge in [-0.2, -0.15) is 0 Å². The minimum Gasteiger partial charge on any atom is -0.361 e.